The monoisotopic (exact) mass is 477 g/mol. The van der Waals surface area contributed by atoms with Crippen molar-refractivity contribution in [2.45, 2.75) is 32.6 Å². The van der Waals surface area contributed by atoms with Crippen LogP contribution in [0.2, 0.25) is 0 Å². The van der Waals surface area contributed by atoms with Crippen LogP contribution in [-0.2, 0) is 16.0 Å². The standard InChI is InChI=1S/C19H28FN3O2.HI/c1-3-21-19(23-12-9-16(10-13-23)18(24)25-2)22-11-5-7-15-6-4-8-17(20)14-15;/h4,6,8,14,16H,3,5,7,9-13H2,1-2H3,(H,21,22);1H. The molecule has 1 fully saturated rings. The Hall–Kier alpha value is -1.38. The molecule has 1 aliphatic rings. The number of rotatable bonds is 6. The van der Waals surface area contributed by atoms with Crippen LogP contribution in [0.4, 0.5) is 4.39 Å². The van der Waals surface area contributed by atoms with E-state index in [9.17, 15) is 9.18 Å². The summed E-state index contributed by atoms with van der Waals surface area (Å²) in [7, 11) is 1.44. The van der Waals surface area contributed by atoms with Crippen LogP contribution in [0.3, 0.4) is 0 Å². The van der Waals surface area contributed by atoms with Crippen LogP contribution in [0.1, 0.15) is 31.7 Å². The highest BCUT2D eigenvalue weighted by atomic mass is 127. The molecule has 0 saturated carbocycles. The molecular weight excluding hydrogens is 448 g/mol. The molecule has 0 unspecified atom stereocenters. The molecule has 0 amide bonds. The SMILES string of the molecule is CCNC(=NCCCc1cccc(F)c1)N1CCC(C(=O)OC)CC1.I. The van der Waals surface area contributed by atoms with Gasteiger partial charge >= 0.3 is 5.97 Å². The maximum atomic E-state index is 13.2. The molecule has 0 aliphatic carbocycles. The van der Waals surface area contributed by atoms with E-state index in [-0.39, 0.29) is 41.7 Å². The Labute approximate surface area is 172 Å². The predicted octanol–water partition coefficient (Wildman–Crippen LogP) is 3.23. The summed E-state index contributed by atoms with van der Waals surface area (Å²) in [6.07, 6.45) is 3.27. The van der Waals surface area contributed by atoms with Crippen molar-refractivity contribution in [3.05, 3.63) is 35.6 Å². The lowest BCUT2D eigenvalue weighted by Gasteiger charge is -2.33. The highest BCUT2D eigenvalue weighted by Crippen LogP contribution is 2.18. The van der Waals surface area contributed by atoms with E-state index in [2.05, 4.69) is 15.2 Å². The Balaban J connectivity index is 0.00000338. The number of likely N-dealkylation sites (tertiary alicyclic amines) is 1. The van der Waals surface area contributed by atoms with Crippen LogP contribution in [0, 0.1) is 11.7 Å². The molecule has 0 aromatic heterocycles. The third kappa shape index (κ3) is 7.09. The van der Waals surface area contributed by atoms with Crippen molar-refractivity contribution in [3.8, 4) is 0 Å². The maximum absolute atomic E-state index is 13.2. The molecule has 2 rings (SSSR count). The number of hydrogen-bond acceptors (Lipinski definition) is 3. The maximum Gasteiger partial charge on any atom is 0.308 e. The number of piperidine rings is 1. The fourth-order valence-electron chi connectivity index (χ4n) is 3.08. The number of aryl methyl sites for hydroxylation is 1. The lowest BCUT2D eigenvalue weighted by Crippen LogP contribution is -2.46. The summed E-state index contributed by atoms with van der Waals surface area (Å²) >= 11 is 0. The zero-order valence-electron chi connectivity index (χ0n) is 15.5. The van der Waals surface area contributed by atoms with Gasteiger partial charge in [-0.25, -0.2) is 4.39 Å². The second-order valence-electron chi connectivity index (χ2n) is 6.25. The first-order chi connectivity index (χ1) is 12.1. The van der Waals surface area contributed by atoms with Gasteiger partial charge in [0.15, 0.2) is 5.96 Å². The number of methoxy groups -OCH3 is 1. The average molecular weight is 477 g/mol. The number of halogens is 2. The van der Waals surface area contributed by atoms with Crippen molar-refractivity contribution in [2.75, 3.05) is 33.3 Å². The van der Waals surface area contributed by atoms with E-state index >= 15 is 0 Å². The third-order valence-corrected chi connectivity index (χ3v) is 4.44. The second kappa shape index (κ2) is 12.1. The van der Waals surface area contributed by atoms with Crippen LogP contribution in [0.15, 0.2) is 29.3 Å². The fourth-order valence-corrected chi connectivity index (χ4v) is 3.08. The number of nitrogens with zero attached hydrogens (tertiary/aromatic N) is 2. The number of nitrogens with one attached hydrogen (secondary N) is 1. The lowest BCUT2D eigenvalue weighted by atomic mass is 9.97. The first kappa shape index (κ1) is 22.7. The van der Waals surface area contributed by atoms with Crippen molar-refractivity contribution in [1.29, 1.82) is 0 Å². The molecule has 0 spiro atoms. The normalized spacial score (nSPS) is 15.3. The fraction of sp³-hybridized carbons (Fsp3) is 0.579. The number of guanidine groups is 1. The van der Waals surface area contributed by atoms with E-state index < -0.39 is 0 Å². The molecule has 1 heterocycles. The van der Waals surface area contributed by atoms with E-state index in [1.165, 1.54) is 13.2 Å². The Bertz CT molecular complexity index is 590. The van der Waals surface area contributed by atoms with Crippen LogP contribution < -0.4 is 5.32 Å². The molecule has 1 aromatic carbocycles. The minimum atomic E-state index is -0.192. The quantitative estimate of drug-likeness (QED) is 0.225. The first-order valence-electron chi connectivity index (χ1n) is 8.99. The third-order valence-electron chi connectivity index (χ3n) is 4.44. The lowest BCUT2D eigenvalue weighted by molar-refractivity contribution is -0.146. The molecule has 1 saturated heterocycles. The Morgan fingerprint density at radius 3 is 2.73 bits per heavy atom. The summed E-state index contributed by atoms with van der Waals surface area (Å²) in [4.78, 5) is 18.5. The molecule has 0 radical (unpaired) electrons. The molecule has 26 heavy (non-hydrogen) atoms. The Morgan fingerprint density at radius 1 is 1.38 bits per heavy atom. The molecular formula is C19H29FIN3O2. The molecule has 1 aliphatic heterocycles. The first-order valence-corrected chi connectivity index (χ1v) is 8.99. The van der Waals surface area contributed by atoms with Gasteiger partial charge in [0, 0.05) is 26.2 Å². The van der Waals surface area contributed by atoms with Gasteiger partial charge in [0.1, 0.15) is 5.82 Å². The summed E-state index contributed by atoms with van der Waals surface area (Å²) in [5.74, 6) is 0.585. The highest BCUT2D eigenvalue weighted by Gasteiger charge is 2.26. The van der Waals surface area contributed by atoms with Gasteiger partial charge in [-0.1, -0.05) is 12.1 Å². The van der Waals surface area contributed by atoms with E-state index in [4.69, 9.17) is 4.74 Å². The zero-order valence-corrected chi connectivity index (χ0v) is 17.9. The smallest absolute Gasteiger partial charge is 0.308 e. The van der Waals surface area contributed by atoms with E-state index in [0.29, 0.717) is 6.54 Å². The number of hydrogen-bond donors (Lipinski definition) is 1. The molecule has 1 N–H and O–H groups in total. The van der Waals surface area contributed by atoms with E-state index in [1.807, 2.05) is 13.0 Å². The van der Waals surface area contributed by atoms with Gasteiger partial charge in [-0.2, -0.15) is 0 Å². The van der Waals surface area contributed by atoms with Crippen molar-refractivity contribution in [3.63, 3.8) is 0 Å². The highest BCUT2D eigenvalue weighted by molar-refractivity contribution is 14.0. The number of esters is 1. The Morgan fingerprint density at radius 2 is 2.12 bits per heavy atom. The van der Waals surface area contributed by atoms with Crippen molar-refractivity contribution >= 4 is 35.9 Å². The average Bonchev–Trinajstić information content (AvgIpc) is 2.64. The molecule has 146 valence electrons. The van der Waals surface area contributed by atoms with Crippen LogP contribution in [-0.4, -0.2) is 50.1 Å². The van der Waals surface area contributed by atoms with Gasteiger partial charge in [-0.05, 0) is 50.3 Å². The molecule has 1 aromatic rings. The topological polar surface area (TPSA) is 53.9 Å². The van der Waals surface area contributed by atoms with Crippen molar-refractivity contribution in [2.24, 2.45) is 10.9 Å². The zero-order chi connectivity index (χ0) is 18.1. The van der Waals surface area contributed by atoms with Crippen LogP contribution in [0.25, 0.3) is 0 Å². The molecule has 0 bridgehead atoms. The Kier molecular flexibility index (Phi) is 10.5. The number of carbonyl (C=O) groups is 1. The van der Waals surface area contributed by atoms with Gasteiger partial charge in [0.25, 0.3) is 0 Å². The summed E-state index contributed by atoms with van der Waals surface area (Å²) in [6, 6.07) is 6.72. The van der Waals surface area contributed by atoms with Gasteiger partial charge in [-0.3, -0.25) is 9.79 Å². The minimum Gasteiger partial charge on any atom is -0.469 e. The second-order valence-corrected chi connectivity index (χ2v) is 6.25. The number of ether oxygens (including phenoxy) is 1. The largest absolute Gasteiger partial charge is 0.469 e. The predicted molar refractivity (Wildman–Crippen MR) is 112 cm³/mol. The van der Waals surface area contributed by atoms with Gasteiger partial charge in [0.2, 0.25) is 0 Å². The summed E-state index contributed by atoms with van der Waals surface area (Å²) < 4.78 is 18.0. The van der Waals surface area contributed by atoms with E-state index in [1.54, 1.807) is 12.1 Å². The van der Waals surface area contributed by atoms with Gasteiger partial charge in [0.05, 0.1) is 13.0 Å². The summed E-state index contributed by atoms with van der Waals surface area (Å²) in [6.45, 7) is 5.14. The van der Waals surface area contributed by atoms with E-state index in [0.717, 1.165) is 56.8 Å². The molecule has 7 heteroatoms. The minimum absolute atomic E-state index is 0. The van der Waals surface area contributed by atoms with Crippen LogP contribution in [0.5, 0.6) is 0 Å². The number of carbonyl (C=O) groups excluding carboxylic acids is 1. The van der Waals surface area contributed by atoms with Gasteiger partial charge in [-0.15, -0.1) is 24.0 Å². The summed E-state index contributed by atoms with van der Waals surface area (Å²) in [5.41, 5.74) is 0.999. The van der Waals surface area contributed by atoms with Gasteiger partial charge < -0.3 is 15.0 Å². The molecule has 0 atom stereocenters. The van der Waals surface area contributed by atoms with Crippen molar-refractivity contribution < 1.29 is 13.9 Å². The molecule has 5 nitrogen and oxygen atoms in total. The van der Waals surface area contributed by atoms with Crippen molar-refractivity contribution in [1.82, 2.24) is 10.2 Å². The van der Waals surface area contributed by atoms with Crippen LogP contribution >= 0.6 is 24.0 Å². The number of aliphatic imine (C=N–C) groups is 1. The summed E-state index contributed by atoms with van der Waals surface area (Å²) in [5, 5.41) is 3.32. The number of benzene rings is 1.